The minimum atomic E-state index is -3.48. The monoisotopic (exact) mass is 162 g/mol. The van der Waals surface area contributed by atoms with Gasteiger partial charge in [0.2, 0.25) is 10.0 Å². The van der Waals surface area contributed by atoms with Crippen LogP contribution in [-0.4, -0.2) is 13.7 Å². The number of hydrogen-bond donors (Lipinski definition) is 0. The Morgan fingerprint density at radius 2 is 1.60 bits per heavy atom. The molecule has 1 aliphatic carbocycles. The summed E-state index contributed by atoms with van der Waals surface area (Å²) in [5.41, 5.74) is 0. The lowest BCUT2D eigenvalue weighted by Gasteiger charge is -2.18. The standard InChI is InChI=1S/C6H12NO2S/c7-10(8,9)6-4-2-1-3-5-6/h6-7H,1-5H2. The van der Waals surface area contributed by atoms with Crippen molar-refractivity contribution < 1.29 is 8.42 Å². The van der Waals surface area contributed by atoms with Crippen LogP contribution in [0.4, 0.5) is 0 Å². The molecule has 3 nitrogen and oxygen atoms in total. The topological polar surface area (TPSA) is 57.9 Å². The van der Waals surface area contributed by atoms with Crippen LogP contribution in [0.5, 0.6) is 0 Å². The van der Waals surface area contributed by atoms with E-state index in [0.717, 1.165) is 19.3 Å². The van der Waals surface area contributed by atoms with E-state index in [4.69, 9.17) is 5.14 Å². The van der Waals surface area contributed by atoms with E-state index in [1.807, 2.05) is 0 Å². The van der Waals surface area contributed by atoms with E-state index in [9.17, 15) is 8.42 Å². The van der Waals surface area contributed by atoms with Crippen LogP contribution in [0.15, 0.2) is 0 Å². The second-order valence-electron chi connectivity index (χ2n) is 2.81. The molecule has 0 saturated heterocycles. The molecule has 10 heavy (non-hydrogen) atoms. The highest BCUT2D eigenvalue weighted by Gasteiger charge is 2.23. The Bertz CT molecular complexity index is 192. The molecule has 1 N–H and O–H groups in total. The van der Waals surface area contributed by atoms with Crippen molar-refractivity contribution in [2.24, 2.45) is 0 Å². The first-order chi connectivity index (χ1) is 4.61. The molecule has 4 heteroatoms. The molecule has 0 amide bonds. The van der Waals surface area contributed by atoms with E-state index in [1.54, 1.807) is 0 Å². The minimum absolute atomic E-state index is 0.360. The Morgan fingerprint density at radius 3 is 1.90 bits per heavy atom. The summed E-state index contributed by atoms with van der Waals surface area (Å²) in [6.07, 6.45) is 4.48. The summed E-state index contributed by atoms with van der Waals surface area (Å²) in [7, 11) is -3.48. The quantitative estimate of drug-likeness (QED) is 0.576. The Labute approximate surface area is 61.7 Å². The Balaban J connectivity index is 2.56. The lowest BCUT2D eigenvalue weighted by Crippen LogP contribution is -2.24. The van der Waals surface area contributed by atoms with Gasteiger partial charge in [0.05, 0.1) is 5.25 Å². The molecule has 1 rings (SSSR count). The van der Waals surface area contributed by atoms with Gasteiger partial charge in [-0.2, -0.15) is 0 Å². The third-order valence-corrected chi connectivity index (χ3v) is 3.34. The van der Waals surface area contributed by atoms with Crippen LogP contribution in [0.25, 0.3) is 0 Å². The van der Waals surface area contributed by atoms with E-state index in [1.165, 1.54) is 0 Å². The van der Waals surface area contributed by atoms with E-state index in [-0.39, 0.29) is 5.25 Å². The molecule has 0 aromatic rings. The number of sulfonamides is 1. The molecular weight excluding hydrogens is 150 g/mol. The summed E-state index contributed by atoms with van der Waals surface area (Å²) in [6, 6.07) is 0. The molecule has 1 radical (unpaired) electrons. The molecule has 0 aromatic heterocycles. The molecule has 1 aliphatic rings. The summed E-state index contributed by atoms with van der Waals surface area (Å²) in [5.74, 6) is 0. The molecule has 0 bridgehead atoms. The van der Waals surface area contributed by atoms with Gasteiger partial charge < -0.3 is 0 Å². The zero-order valence-electron chi connectivity index (χ0n) is 5.84. The van der Waals surface area contributed by atoms with E-state index in [0.29, 0.717) is 12.8 Å². The number of nitrogens with one attached hydrogen (secondary N) is 1. The molecular formula is C6H12NO2S. The fraction of sp³-hybridized carbons (Fsp3) is 1.00. The van der Waals surface area contributed by atoms with Crippen LogP contribution in [0, 0.1) is 0 Å². The van der Waals surface area contributed by atoms with E-state index in [2.05, 4.69) is 0 Å². The van der Waals surface area contributed by atoms with Crippen LogP contribution >= 0.6 is 0 Å². The van der Waals surface area contributed by atoms with Crippen LogP contribution in [0.2, 0.25) is 0 Å². The molecule has 0 aliphatic heterocycles. The predicted molar refractivity (Wildman–Crippen MR) is 38.9 cm³/mol. The average molecular weight is 162 g/mol. The summed E-state index contributed by atoms with van der Waals surface area (Å²) < 4.78 is 21.3. The third kappa shape index (κ3) is 1.95. The Morgan fingerprint density at radius 1 is 1.10 bits per heavy atom. The summed E-state index contributed by atoms with van der Waals surface area (Å²) >= 11 is 0. The maximum Gasteiger partial charge on any atom is 0.228 e. The maximum absolute atomic E-state index is 10.7. The van der Waals surface area contributed by atoms with Crippen LogP contribution in [-0.2, 0) is 10.0 Å². The smallest absolute Gasteiger partial charge is 0.211 e. The van der Waals surface area contributed by atoms with Gasteiger partial charge in [-0.1, -0.05) is 19.3 Å². The molecule has 0 atom stereocenters. The Kier molecular flexibility index (Phi) is 2.31. The molecule has 0 spiro atoms. The van der Waals surface area contributed by atoms with Gasteiger partial charge in [-0.15, -0.1) is 5.14 Å². The molecule has 1 saturated carbocycles. The lowest BCUT2D eigenvalue weighted by molar-refractivity contribution is 0.483. The fourth-order valence-electron chi connectivity index (χ4n) is 1.38. The van der Waals surface area contributed by atoms with Gasteiger partial charge in [0.1, 0.15) is 0 Å². The van der Waals surface area contributed by atoms with Gasteiger partial charge >= 0.3 is 0 Å². The first kappa shape index (κ1) is 8.01. The second kappa shape index (κ2) is 2.88. The summed E-state index contributed by atoms with van der Waals surface area (Å²) in [4.78, 5) is 0. The van der Waals surface area contributed by atoms with Crippen molar-refractivity contribution in [3.05, 3.63) is 0 Å². The minimum Gasteiger partial charge on any atom is -0.211 e. The molecule has 0 unspecified atom stereocenters. The van der Waals surface area contributed by atoms with Crippen LogP contribution in [0.3, 0.4) is 0 Å². The van der Waals surface area contributed by atoms with Crippen molar-refractivity contribution in [3.63, 3.8) is 0 Å². The fourth-order valence-corrected chi connectivity index (χ4v) is 2.33. The van der Waals surface area contributed by atoms with Crippen LogP contribution in [0.1, 0.15) is 32.1 Å². The molecule has 0 heterocycles. The Hall–Kier alpha value is -0.0900. The summed E-state index contributed by atoms with van der Waals surface area (Å²) in [5, 5.41) is 6.44. The van der Waals surface area contributed by atoms with E-state index < -0.39 is 10.0 Å². The van der Waals surface area contributed by atoms with Crippen molar-refractivity contribution in [2.45, 2.75) is 37.4 Å². The van der Waals surface area contributed by atoms with E-state index >= 15 is 0 Å². The average Bonchev–Trinajstić information content (AvgIpc) is 1.88. The number of rotatable bonds is 1. The first-order valence-electron chi connectivity index (χ1n) is 3.59. The van der Waals surface area contributed by atoms with Crippen molar-refractivity contribution in [3.8, 4) is 0 Å². The SMILES string of the molecule is [NH]S(=O)(=O)C1CCCCC1. The van der Waals surface area contributed by atoms with Crippen molar-refractivity contribution in [1.82, 2.24) is 5.14 Å². The van der Waals surface area contributed by atoms with Gasteiger partial charge in [-0.25, -0.2) is 8.42 Å². The van der Waals surface area contributed by atoms with Gasteiger partial charge in [-0.05, 0) is 12.8 Å². The molecule has 1 fully saturated rings. The molecule has 0 aromatic carbocycles. The lowest BCUT2D eigenvalue weighted by atomic mass is 10.0. The van der Waals surface area contributed by atoms with Crippen molar-refractivity contribution in [2.75, 3.05) is 0 Å². The van der Waals surface area contributed by atoms with Crippen molar-refractivity contribution >= 4 is 10.0 Å². The van der Waals surface area contributed by atoms with Crippen molar-refractivity contribution in [1.29, 1.82) is 0 Å². The van der Waals surface area contributed by atoms with Gasteiger partial charge in [-0.3, -0.25) is 0 Å². The highest BCUT2D eigenvalue weighted by molar-refractivity contribution is 7.89. The normalized spacial score (nSPS) is 22.9. The maximum atomic E-state index is 10.7. The molecule has 59 valence electrons. The van der Waals surface area contributed by atoms with Gasteiger partial charge in [0, 0.05) is 0 Å². The third-order valence-electron chi connectivity index (χ3n) is 1.99. The highest BCUT2D eigenvalue weighted by Crippen LogP contribution is 2.22. The second-order valence-corrected chi connectivity index (χ2v) is 4.56. The zero-order chi connectivity index (χ0) is 7.61. The van der Waals surface area contributed by atoms with Gasteiger partial charge in [0.25, 0.3) is 0 Å². The zero-order valence-corrected chi connectivity index (χ0v) is 6.65. The summed E-state index contributed by atoms with van der Waals surface area (Å²) in [6.45, 7) is 0. The van der Waals surface area contributed by atoms with Gasteiger partial charge in [0.15, 0.2) is 0 Å². The highest BCUT2D eigenvalue weighted by atomic mass is 32.2. The number of hydrogen-bond acceptors (Lipinski definition) is 2. The van der Waals surface area contributed by atoms with Crippen LogP contribution < -0.4 is 5.14 Å². The largest absolute Gasteiger partial charge is 0.228 e. The predicted octanol–water partition coefficient (Wildman–Crippen LogP) is 0.932. The first-order valence-corrected chi connectivity index (χ1v) is 5.14.